The maximum Gasteiger partial charge on any atom is 0.368 e. The molecule has 2 rings (SSSR count). The Morgan fingerprint density at radius 3 is 2.39 bits per heavy atom. The topological polar surface area (TPSA) is 82.2 Å². The molecule has 1 aromatic carbocycles. The van der Waals surface area contributed by atoms with Crippen molar-refractivity contribution in [3.8, 4) is 0 Å². The number of rotatable bonds is 4. The molecule has 1 heterocycles. The molecule has 0 saturated carbocycles. The molecule has 0 radical (unpaired) electrons. The molecule has 2 unspecified atom stereocenters. The molecule has 0 aliphatic carbocycles. The molecule has 0 fully saturated rings. The molecule has 1 aliphatic heterocycles. The number of aliphatic hydroxyl groups excluding tert-OH is 2. The summed E-state index contributed by atoms with van der Waals surface area (Å²) in [5.74, 6) is 0. The minimum Gasteiger partial charge on any atom is -0.384 e. The molecule has 18 heavy (non-hydrogen) atoms. The lowest BCUT2D eigenvalue weighted by atomic mass is 9.97. The Balaban J connectivity index is 2.81. The first kappa shape index (κ1) is 12.3. The van der Waals surface area contributed by atoms with Crippen LogP contribution in [0, 0.1) is 0 Å². The first-order chi connectivity index (χ1) is 8.58. The van der Waals surface area contributed by atoms with Crippen molar-refractivity contribution in [3.05, 3.63) is 59.3 Å². The average molecular weight is 244 g/mol. The van der Waals surface area contributed by atoms with Crippen LogP contribution in [-0.4, -0.2) is 16.2 Å². The Morgan fingerprint density at radius 2 is 1.78 bits per heavy atom. The fourth-order valence-corrected chi connectivity index (χ4v) is 1.86. The van der Waals surface area contributed by atoms with Gasteiger partial charge in [0.1, 0.15) is 5.36 Å². The van der Waals surface area contributed by atoms with Crippen LogP contribution in [0.2, 0.25) is 0 Å². The van der Waals surface area contributed by atoms with Crippen molar-refractivity contribution in [1.82, 2.24) is 0 Å². The second-order valence-electron chi connectivity index (χ2n) is 3.80. The summed E-state index contributed by atoms with van der Waals surface area (Å²) in [4.78, 5) is 18.6. The predicted octanol–water partition coefficient (Wildman–Crippen LogP) is 0.498. The van der Waals surface area contributed by atoms with Crippen LogP contribution in [0.15, 0.2) is 47.4 Å². The van der Waals surface area contributed by atoms with Crippen LogP contribution in [0.1, 0.15) is 23.3 Å². The van der Waals surface area contributed by atoms with E-state index in [1.165, 1.54) is 12.2 Å². The highest BCUT2D eigenvalue weighted by atomic mass is 16.3. The summed E-state index contributed by atoms with van der Waals surface area (Å²) in [7, 11) is 0. The highest BCUT2D eigenvalue weighted by Crippen LogP contribution is 2.21. The number of hydrogen-bond donors (Lipinski definition) is 2. The third-order valence-electron chi connectivity index (χ3n) is 2.71. The fourth-order valence-electron chi connectivity index (χ4n) is 1.86. The minimum atomic E-state index is -1.03. The highest BCUT2D eigenvalue weighted by Gasteiger charge is 2.20. The van der Waals surface area contributed by atoms with Gasteiger partial charge in [-0.1, -0.05) is 18.2 Å². The summed E-state index contributed by atoms with van der Waals surface area (Å²) < 4.78 is 0. The molecule has 2 N–H and O–H groups in total. The van der Waals surface area contributed by atoms with Gasteiger partial charge in [0, 0.05) is 5.56 Å². The van der Waals surface area contributed by atoms with Gasteiger partial charge in [-0.3, -0.25) is 0 Å². The van der Waals surface area contributed by atoms with Crippen molar-refractivity contribution >= 4 is 6.03 Å². The number of carbonyl (C=O) groups excluding carboxylic acids is 1. The molecule has 0 spiro atoms. The van der Waals surface area contributed by atoms with Gasteiger partial charge in [0.25, 0.3) is 0 Å². The molecule has 0 bridgehead atoms. The number of urea groups is 1. The Bertz CT molecular complexity index is 649. The van der Waals surface area contributed by atoms with Gasteiger partial charge in [0.2, 0.25) is 0 Å². The lowest BCUT2D eigenvalue weighted by Gasteiger charge is -2.14. The largest absolute Gasteiger partial charge is 0.384 e. The summed E-state index contributed by atoms with van der Waals surface area (Å²) in [6.45, 7) is 6.99. The Kier molecular flexibility index (Phi) is 3.18. The van der Waals surface area contributed by atoms with Gasteiger partial charge in [0.05, 0.1) is 17.6 Å². The van der Waals surface area contributed by atoms with Crippen LogP contribution < -0.4 is 10.7 Å². The second-order valence-corrected chi connectivity index (χ2v) is 3.80. The number of aliphatic hydroxyl groups is 2. The zero-order valence-electron chi connectivity index (χ0n) is 9.58. The SMILES string of the molecule is C=CC(O)c1ccc2c(c1C(O)C=C)=NC(=O)N=2. The third-order valence-corrected chi connectivity index (χ3v) is 2.71. The smallest absolute Gasteiger partial charge is 0.368 e. The minimum absolute atomic E-state index is 0.283. The second kappa shape index (κ2) is 4.64. The Labute approximate surface area is 103 Å². The number of amides is 2. The van der Waals surface area contributed by atoms with E-state index in [2.05, 4.69) is 23.1 Å². The molecule has 1 aliphatic rings. The molecule has 0 saturated heterocycles. The van der Waals surface area contributed by atoms with E-state index in [4.69, 9.17) is 0 Å². The first-order valence-electron chi connectivity index (χ1n) is 5.34. The normalized spacial score (nSPS) is 16.2. The lowest BCUT2D eigenvalue weighted by molar-refractivity contribution is 0.204. The molecular formula is C13H12N2O3. The molecular weight excluding hydrogens is 232 g/mol. The summed E-state index contributed by atoms with van der Waals surface area (Å²) in [5, 5.41) is 20.4. The van der Waals surface area contributed by atoms with E-state index < -0.39 is 18.2 Å². The van der Waals surface area contributed by atoms with E-state index in [1.54, 1.807) is 12.1 Å². The maximum absolute atomic E-state index is 11.2. The van der Waals surface area contributed by atoms with Gasteiger partial charge in [-0.2, -0.15) is 9.98 Å². The number of nitrogens with zero attached hydrogens (tertiary/aromatic N) is 2. The molecule has 92 valence electrons. The number of carbonyl (C=O) groups is 1. The van der Waals surface area contributed by atoms with Crippen molar-refractivity contribution in [2.45, 2.75) is 12.2 Å². The van der Waals surface area contributed by atoms with E-state index in [0.717, 1.165) is 0 Å². The van der Waals surface area contributed by atoms with Crippen molar-refractivity contribution in [3.63, 3.8) is 0 Å². The summed E-state index contributed by atoms with van der Waals surface area (Å²) >= 11 is 0. The van der Waals surface area contributed by atoms with E-state index in [-0.39, 0.29) is 5.36 Å². The molecule has 2 atom stereocenters. The van der Waals surface area contributed by atoms with Crippen LogP contribution in [0.3, 0.4) is 0 Å². The van der Waals surface area contributed by atoms with Gasteiger partial charge < -0.3 is 10.2 Å². The van der Waals surface area contributed by atoms with Gasteiger partial charge in [0.15, 0.2) is 0 Å². The van der Waals surface area contributed by atoms with Crippen molar-refractivity contribution < 1.29 is 15.0 Å². The van der Waals surface area contributed by atoms with Crippen LogP contribution in [0.25, 0.3) is 0 Å². The summed E-state index contributed by atoms with van der Waals surface area (Å²) in [6.07, 6.45) is 0.641. The van der Waals surface area contributed by atoms with Gasteiger partial charge in [-0.05, 0) is 11.6 Å². The molecule has 2 amide bonds. The van der Waals surface area contributed by atoms with E-state index in [1.807, 2.05) is 0 Å². The molecule has 1 aromatic rings. The van der Waals surface area contributed by atoms with Crippen LogP contribution in [-0.2, 0) is 0 Å². The number of fused-ring (bicyclic) bond motifs is 1. The first-order valence-corrected chi connectivity index (χ1v) is 5.34. The third kappa shape index (κ3) is 1.90. The Hall–Kier alpha value is -2.11. The zero-order valence-corrected chi connectivity index (χ0v) is 9.58. The number of benzene rings is 1. The molecule has 5 heteroatoms. The predicted molar refractivity (Wildman–Crippen MR) is 64.5 cm³/mol. The fraction of sp³-hybridized carbons (Fsp3) is 0.154. The highest BCUT2D eigenvalue weighted by molar-refractivity contribution is 5.77. The monoisotopic (exact) mass is 244 g/mol. The van der Waals surface area contributed by atoms with Crippen molar-refractivity contribution in [2.24, 2.45) is 9.98 Å². The van der Waals surface area contributed by atoms with Gasteiger partial charge >= 0.3 is 6.03 Å². The van der Waals surface area contributed by atoms with Gasteiger partial charge in [-0.15, -0.1) is 13.2 Å². The quantitative estimate of drug-likeness (QED) is 0.756. The zero-order chi connectivity index (χ0) is 13.3. The van der Waals surface area contributed by atoms with Crippen LogP contribution in [0.4, 0.5) is 4.79 Å². The van der Waals surface area contributed by atoms with Crippen molar-refractivity contribution in [1.29, 1.82) is 0 Å². The summed E-state index contributed by atoms with van der Waals surface area (Å²) in [6, 6.07) is 2.54. The van der Waals surface area contributed by atoms with Gasteiger partial charge in [-0.25, -0.2) is 4.79 Å². The molecule has 0 aromatic heterocycles. The number of hydrogen-bond acceptors (Lipinski definition) is 3. The van der Waals surface area contributed by atoms with E-state index in [0.29, 0.717) is 16.5 Å². The van der Waals surface area contributed by atoms with E-state index in [9.17, 15) is 15.0 Å². The standard InChI is InChI=1S/C13H12N2O3/c1-3-9(16)7-5-6-8-12(15-13(18)14-8)11(7)10(17)4-2/h3-6,9-10,16-17H,1-2H2. The van der Waals surface area contributed by atoms with Crippen LogP contribution in [0.5, 0.6) is 0 Å². The van der Waals surface area contributed by atoms with Crippen LogP contribution >= 0.6 is 0 Å². The molecule has 5 nitrogen and oxygen atoms in total. The van der Waals surface area contributed by atoms with Crippen molar-refractivity contribution in [2.75, 3.05) is 0 Å². The Morgan fingerprint density at radius 1 is 1.11 bits per heavy atom. The lowest BCUT2D eigenvalue weighted by Crippen LogP contribution is -2.29. The summed E-state index contributed by atoms with van der Waals surface area (Å²) in [5.41, 5.74) is 0.773. The maximum atomic E-state index is 11.2. The average Bonchev–Trinajstić information content (AvgIpc) is 2.75. The van der Waals surface area contributed by atoms with E-state index >= 15 is 0 Å².